The number of ether oxygens (including phenoxy) is 3. The van der Waals surface area contributed by atoms with Gasteiger partial charge in [0.25, 0.3) is 0 Å². The number of carbonyl (C=O) groups excluding carboxylic acids is 2. The van der Waals surface area contributed by atoms with Gasteiger partial charge in [-0.3, -0.25) is 9.59 Å². The van der Waals surface area contributed by atoms with Gasteiger partial charge in [-0.05, 0) is 31.5 Å². The minimum atomic E-state index is -0.960. The van der Waals surface area contributed by atoms with Gasteiger partial charge < -0.3 is 14.2 Å². The first-order valence-electron chi connectivity index (χ1n) is 7.02. The molecule has 116 valence electrons. The molecule has 21 heavy (non-hydrogen) atoms. The molecule has 1 aromatic rings. The SMILES string of the molecule is CCOC(=O)C(C(=O)OCC)C(C)c1ccc(OC)cc1. The normalized spacial score (nSPS) is 11.9. The summed E-state index contributed by atoms with van der Waals surface area (Å²) < 4.78 is 15.1. The van der Waals surface area contributed by atoms with Gasteiger partial charge in [0.2, 0.25) is 0 Å². The highest BCUT2D eigenvalue weighted by atomic mass is 16.6. The van der Waals surface area contributed by atoms with Crippen molar-refractivity contribution in [3.8, 4) is 5.75 Å². The summed E-state index contributed by atoms with van der Waals surface area (Å²) in [6.45, 7) is 5.67. The Kier molecular flexibility index (Phi) is 6.72. The lowest BCUT2D eigenvalue weighted by Gasteiger charge is -2.21. The van der Waals surface area contributed by atoms with Crippen molar-refractivity contribution in [3.63, 3.8) is 0 Å². The average molecular weight is 294 g/mol. The van der Waals surface area contributed by atoms with Crippen LogP contribution in [0, 0.1) is 5.92 Å². The van der Waals surface area contributed by atoms with E-state index in [1.807, 2.05) is 12.1 Å². The largest absolute Gasteiger partial charge is 0.497 e. The van der Waals surface area contributed by atoms with E-state index < -0.39 is 17.9 Å². The standard InChI is InChI=1S/C16H22O5/c1-5-20-15(17)14(16(18)21-6-2)11(3)12-7-9-13(19-4)10-8-12/h7-11,14H,5-6H2,1-4H3. The Morgan fingerprint density at radius 3 is 1.86 bits per heavy atom. The second-order valence-corrected chi connectivity index (χ2v) is 4.54. The van der Waals surface area contributed by atoms with E-state index in [2.05, 4.69) is 0 Å². The van der Waals surface area contributed by atoms with E-state index in [-0.39, 0.29) is 19.1 Å². The zero-order chi connectivity index (χ0) is 15.8. The maximum Gasteiger partial charge on any atom is 0.320 e. The van der Waals surface area contributed by atoms with Crippen molar-refractivity contribution in [2.75, 3.05) is 20.3 Å². The fourth-order valence-electron chi connectivity index (χ4n) is 2.07. The summed E-state index contributed by atoms with van der Waals surface area (Å²) in [6, 6.07) is 7.24. The van der Waals surface area contributed by atoms with E-state index in [9.17, 15) is 9.59 Å². The molecule has 1 unspecified atom stereocenters. The highest BCUT2D eigenvalue weighted by molar-refractivity contribution is 5.96. The molecule has 0 aliphatic carbocycles. The molecular formula is C16H22O5. The highest BCUT2D eigenvalue weighted by Crippen LogP contribution is 2.28. The third-order valence-electron chi connectivity index (χ3n) is 3.22. The van der Waals surface area contributed by atoms with Crippen LogP contribution in [0.3, 0.4) is 0 Å². The van der Waals surface area contributed by atoms with Crippen molar-refractivity contribution in [2.24, 2.45) is 5.92 Å². The molecule has 0 saturated heterocycles. The van der Waals surface area contributed by atoms with Crippen molar-refractivity contribution < 1.29 is 23.8 Å². The van der Waals surface area contributed by atoms with Gasteiger partial charge in [-0.2, -0.15) is 0 Å². The molecule has 5 nitrogen and oxygen atoms in total. The van der Waals surface area contributed by atoms with Crippen molar-refractivity contribution in [3.05, 3.63) is 29.8 Å². The summed E-state index contributed by atoms with van der Waals surface area (Å²) in [5.74, 6) is -1.69. The summed E-state index contributed by atoms with van der Waals surface area (Å²) >= 11 is 0. The van der Waals surface area contributed by atoms with Gasteiger partial charge in [0.05, 0.1) is 20.3 Å². The average Bonchev–Trinajstić information content (AvgIpc) is 2.48. The Bertz CT molecular complexity index is 448. The van der Waals surface area contributed by atoms with E-state index in [1.165, 1.54) is 0 Å². The van der Waals surface area contributed by atoms with E-state index >= 15 is 0 Å². The molecule has 0 aliphatic rings. The Hall–Kier alpha value is -2.04. The number of esters is 2. The third-order valence-corrected chi connectivity index (χ3v) is 3.22. The van der Waals surface area contributed by atoms with Gasteiger partial charge in [0, 0.05) is 5.92 Å². The van der Waals surface area contributed by atoms with Crippen LogP contribution in [0.4, 0.5) is 0 Å². The Labute approximate surface area is 125 Å². The molecule has 0 fully saturated rings. The van der Waals surface area contributed by atoms with Crippen LogP contribution in [-0.4, -0.2) is 32.3 Å². The molecule has 0 bridgehead atoms. The van der Waals surface area contributed by atoms with Gasteiger partial charge in [0.1, 0.15) is 5.75 Å². The minimum absolute atomic E-state index is 0.226. The second kappa shape index (κ2) is 8.29. The molecular weight excluding hydrogens is 272 g/mol. The molecule has 1 aromatic carbocycles. The number of hydrogen-bond acceptors (Lipinski definition) is 5. The lowest BCUT2D eigenvalue weighted by atomic mass is 9.87. The maximum atomic E-state index is 12.0. The fraction of sp³-hybridized carbons (Fsp3) is 0.500. The van der Waals surface area contributed by atoms with Gasteiger partial charge in [-0.15, -0.1) is 0 Å². The number of benzene rings is 1. The van der Waals surface area contributed by atoms with Crippen molar-refractivity contribution >= 4 is 11.9 Å². The first-order valence-corrected chi connectivity index (χ1v) is 7.02. The third kappa shape index (κ3) is 4.48. The van der Waals surface area contributed by atoms with Crippen LogP contribution in [0.1, 0.15) is 32.3 Å². The van der Waals surface area contributed by atoms with Gasteiger partial charge in [-0.1, -0.05) is 19.1 Å². The molecule has 0 spiro atoms. The summed E-state index contributed by atoms with van der Waals surface area (Å²) in [6.07, 6.45) is 0. The number of carbonyl (C=O) groups is 2. The van der Waals surface area contributed by atoms with Crippen LogP contribution in [0.15, 0.2) is 24.3 Å². The molecule has 0 N–H and O–H groups in total. The zero-order valence-electron chi connectivity index (χ0n) is 12.9. The van der Waals surface area contributed by atoms with Gasteiger partial charge in [-0.25, -0.2) is 0 Å². The van der Waals surface area contributed by atoms with Crippen LogP contribution in [0.2, 0.25) is 0 Å². The number of hydrogen-bond donors (Lipinski definition) is 0. The minimum Gasteiger partial charge on any atom is -0.497 e. The van der Waals surface area contributed by atoms with Crippen LogP contribution in [0.25, 0.3) is 0 Å². The monoisotopic (exact) mass is 294 g/mol. The van der Waals surface area contributed by atoms with E-state index in [0.29, 0.717) is 0 Å². The predicted octanol–water partition coefficient (Wildman–Crippen LogP) is 2.54. The number of rotatable bonds is 7. The van der Waals surface area contributed by atoms with Crippen LogP contribution in [-0.2, 0) is 19.1 Å². The van der Waals surface area contributed by atoms with Gasteiger partial charge >= 0.3 is 11.9 Å². The summed E-state index contributed by atoms with van der Waals surface area (Å²) in [7, 11) is 1.58. The van der Waals surface area contributed by atoms with E-state index in [0.717, 1.165) is 11.3 Å². The molecule has 1 rings (SSSR count). The molecule has 0 amide bonds. The molecule has 0 heterocycles. The first-order chi connectivity index (χ1) is 10.0. The quantitative estimate of drug-likeness (QED) is 0.571. The summed E-state index contributed by atoms with van der Waals surface area (Å²) in [4.78, 5) is 24.1. The molecule has 5 heteroatoms. The molecule has 1 atom stereocenters. The topological polar surface area (TPSA) is 61.8 Å². The number of methoxy groups -OCH3 is 1. The van der Waals surface area contributed by atoms with Crippen LogP contribution >= 0.6 is 0 Å². The smallest absolute Gasteiger partial charge is 0.320 e. The Morgan fingerprint density at radius 2 is 1.48 bits per heavy atom. The summed E-state index contributed by atoms with van der Waals surface area (Å²) in [5.41, 5.74) is 0.849. The van der Waals surface area contributed by atoms with E-state index in [4.69, 9.17) is 14.2 Å². The maximum absolute atomic E-state index is 12.0. The van der Waals surface area contributed by atoms with Crippen molar-refractivity contribution in [2.45, 2.75) is 26.7 Å². The summed E-state index contributed by atoms with van der Waals surface area (Å²) in [5, 5.41) is 0. The second-order valence-electron chi connectivity index (χ2n) is 4.54. The molecule has 0 aliphatic heterocycles. The highest BCUT2D eigenvalue weighted by Gasteiger charge is 2.35. The lowest BCUT2D eigenvalue weighted by Crippen LogP contribution is -2.32. The van der Waals surface area contributed by atoms with E-state index in [1.54, 1.807) is 40.0 Å². The van der Waals surface area contributed by atoms with Gasteiger partial charge in [0.15, 0.2) is 5.92 Å². The Balaban J connectivity index is 2.99. The molecule has 0 aromatic heterocycles. The zero-order valence-corrected chi connectivity index (χ0v) is 12.9. The molecule has 0 radical (unpaired) electrons. The van der Waals surface area contributed by atoms with Crippen molar-refractivity contribution in [1.82, 2.24) is 0 Å². The van der Waals surface area contributed by atoms with Crippen LogP contribution < -0.4 is 4.74 Å². The fourth-order valence-corrected chi connectivity index (χ4v) is 2.07. The Morgan fingerprint density at radius 1 is 1.00 bits per heavy atom. The predicted molar refractivity (Wildman–Crippen MR) is 78.2 cm³/mol. The van der Waals surface area contributed by atoms with Crippen LogP contribution in [0.5, 0.6) is 5.75 Å². The van der Waals surface area contributed by atoms with Crippen molar-refractivity contribution in [1.29, 1.82) is 0 Å². The molecule has 0 saturated carbocycles. The lowest BCUT2D eigenvalue weighted by molar-refractivity contribution is -0.162. The first kappa shape index (κ1) is 17.0.